The van der Waals surface area contributed by atoms with E-state index in [0.29, 0.717) is 0 Å². The number of carboxylic acid groups (broad SMARTS) is 2. The lowest BCUT2D eigenvalue weighted by Crippen LogP contribution is -2.42. The minimum atomic E-state index is -2.05. The second-order valence-electron chi connectivity index (χ2n) is 1.96. The molecule has 4 nitrogen and oxygen atoms in total. The summed E-state index contributed by atoms with van der Waals surface area (Å²) in [6.45, 7) is 0. The van der Waals surface area contributed by atoms with Crippen LogP contribution >= 0.6 is 23.2 Å². The standard InChI is InChI=1S/C5H6Cl2O4/c6-1-5(2-7,3(8)9)4(10)11/h1-2H2,(H,8,9)(H,10,11). The largest absolute Gasteiger partial charge is 0.480 e. The van der Waals surface area contributed by atoms with Crippen LogP contribution in [0.1, 0.15) is 0 Å². The van der Waals surface area contributed by atoms with Crippen LogP contribution < -0.4 is 0 Å². The number of hydrogen-bond acceptors (Lipinski definition) is 2. The molecule has 0 aromatic heterocycles. The molecule has 2 N–H and O–H groups in total. The van der Waals surface area contributed by atoms with Crippen molar-refractivity contribution in [3.63, 3.8) is 0 Å². The molecule has 0 heterocycles. The van der Waals surface area contributed by atoms with E-state index in [4.69, 9.17) is 33.4 Å². The summed E-state index contributed by atoms with van der Waals surface area (Å²) in [5.41, 5.74) is -2.05. The number of aliphatic carboxylic acids is 2. The van der Waals surface area contributed by atoms with Crippen molar-refractivity contribution >= 4 is 35.1 Å². The average molecular weight is 201 g/mol. The Bertz CT molecular complexity index is 159. The van der Waals surface area contributed by atoms with Gasteiger partial charge in [0.1, 0.15) is 0 Å². The third-order valence-electron chi connectivity index (χ3n) is 1.28. The second kappa shape index (κ2) is 3.78. The van der Waals surface area contributed by atoms with Gasteiger partial charge in [-0.15, -0.1) is 23.2 Å². The summed E-state index contributed by atoms with van der Waals surface area (Å²) >= 11 is 10.3. The molecule has 0 aromatic rings. The maximum atomic E-state index is 10.4. The van der Waals surface area contributed by atoms with Crippen LogP contribution in [0.5, 0.6) is 0 Å². The molecule has 0 saturated carbocycles. The molecule has 64 valence electrons. The Kier molecular flexibility index (Phi) is 3.62. The molecule has 0 saturated heterocycles. The summed E-state index contributed by atoms with van der Waals surface area (Å²) in [6.07, 6.45) is 0. The van der Waals surface area contributed by atoms with Gasteiger partial charge in [-0.1, -0.05) is 0 Å². The fourth-order valence-corrected chi connectivity index (χ4v) is 1.10. The van der Waals surface area contributed by atoms with Crippen LogP contribution in [0.3, 0.4) is 0 Å². The zero-order valence-corrected chi connectivity index (χ0v) is 6.89. The van der Waals surface area contributed by atoms with Crippen LogP contribution in [0.25, 0.3) is 0 Å². The van der Waals surface area contributed by atoms with E-state index in [9.17, 15) is 9.59 Å². The Morgan fingerprint density at radius 3 is 1.36 bits per heavy atom. The predicted molar refractivity (Wildman–Crippen MR) is 39.1 cm³/mol. The first-order valence-corrected chi connectivity index (χ1v) is 3.67. The lowest BCUT2D eigenvalue weighted by molar-refractivity contribution is -0.161. The molecule has 0 bridgehead atoms. The zero-order valence-electron chi connectivity index (χ0n) is 5.38. The van der Waals surface area contributed by atoms with E-state index >= 15 is 0 Å². The lowest BCUT2D eigenvalue weighted by atomic mass is 9.94. The predicted octanol–water partition coefficient (Wildman–Crippen LogP) is 0.620. The monoisotopic (exact) mass is 200 g/mol. The molecule has 0 aliphatic heterocycles. The normalized spacial score (nSPS) is 11.1. The third-order valence-corrected chi connectivity index (χ3v) is 2.19. The van der Waals surface area contributed by atoms with E-state index in [1.807, 2.05) is 0 Å². The quantitative estimate of drug-likeness (QED) is 0.516. The molecule has 0 spiro atoms. The Morgan fingerprint density at radius 1 is 1.09 bits per heavy atom. The molecule has 6 heteroatoms. The summed E-state index contributed by atoms with van der Waals surface area (Å²) in [6, 6.07) is 0. The van der Waals surface area contributed by atoms with Gasteiger partial charge in [0.25, 0.3) is 0 Å². The number of alkyl halides is 2. The van der Waals surface area contributed by atoms with E-state index in [1.165, 1.54) is 0 Å². The molecule has 0 atom stereocenters. The van der Waals surface area contributed by atoms with E-state index in [2.05, 4.69) is 0 Å². The van der Waals surface area contributed by atoms with Gasteiger partial charge in [-0.2, -0.15) is 0 Å². The molecule has 0 aliphatic carbocycles. The van der Waals surface area contributed by atoms with Gasteiger partial charge in [0.2, 0.25) is 0 Å². The first-order chi connectivity index (χ1) is 5.01. The maximum absolute atomic E-state index is 10.4. The molecule has 11 heavy (non-hydrogen) atoms. The average Bonchev–Trinajstić information content (AvgIpc) is 1.90. The lowest BCUT2D eigenvalue weighted by Gasteiger charge is -2.17. The van der Waals surface area contributed by atoms with Crippen molar-refractivity contribution in [2.24, 2.45) is 5.41 Å². The van der Waals surface area contributed by atoms with Crippen molar-refractivity contribution in [3.8, 4) is 0 Å². The highest BCUT2D eigenvalue weighted by atomic mass is 35.5. The van der Waals surface area contributed by atoms with Crippen LogP contribution in [-0.4, -0.2) is 33.9 Å². The van der Waals surface area contributed by atoms with Crippen molar-refractivity contribution in [2.75, 3.05) is 11.8 Å². The van der Waals surface area contributed by atoms with Crippen molar-refractivity contribution in [2.45, 2.75) is 0 Å². The number of carbonyl (C=O) groups is 2. The Morgan fingerprint density at radius 2 is 1.36 bits per heavy atom. The van der Waals surface area contributed by atoms with E-state index < -0.39 is 29.1 Å². The van der Waals surface area contributed by atoms with Gasteiger partial charge >= 0.3 is 11.9 Å². The Balaban J connectivity index is 4.76. The topological polar surface area (TPSA) is 74.6 Å². The summed E-state index contributed by atoms with van der Waals surface area (Å²) in [4.78, 5) is 20.8. The summed E-state index contributed by atoms with van der Waals surface area (Å²) in [5.74, 6) is -4.12. The first kappa shape index (κ1) is 10.5. The van der Waals surface area contributed by atoms with Gasteiger partial charge in [0.05, 0.1) is 11.8 Å². The molecular formula is C5H6Cl2O4. The smallest absolute Gasteiger partial charge is 0.323 e. The molecule has 0 aliphatic rings. The highest BCUT2D eigenvalue weighted by Crippen LogP contribution is 2.21. The SMILES string of the molecule is O=C(O)C(CCl)(CCl)C(=O)O. The van der Waals surface area contributed by atoms with E-state index in [-0.39, 0.29) is 0 Å². The molecule has 0 amide bonds. The first-order valence-electron chi connectivity index (χ1n) is 2.60. The number of rotatable bonds is 4. The maximum Gasteiger partial charge on any atom is 0.323 e. The summed E-state index contributed by atoms with van der Waals surface area (Å²) < 4.78 is 0. The minimum absolute atomic E-state index is 0.541. The van der Waals surface area contributed by atoms with Crippen LogP contribution in [0, 0.1) is 5.41 Å². The van der Waals surface area contributed by atoms with Gasteiger partial charge in [0, 0.05) is 0 Å². The highest BCUT2D eigenvalue weighted by Gasteiger charge is 2.45. The molecule has 0 radical (unpaired) electrons. The van der Waals surface area contributed by atoms with Crippen molar-refractivity contribution in [3.05, 3.63) is 0 Å². The fraction of sp³-hybridized carbons (Fsp3) is 0.600. The van der Waals surface area contributed by atoms with E-state index in [0.717, 1.165) is 0 Å². The van der Waals surface area contributed by atoms with Crippen LogP contribution in [0.15, 0.2) is 0 Å². The fourth-order valence-electron chi connectivity index (χ4n) is 0.356. The zero-order chi connectivity index (χ0) is 9.07. The summed E-state index contributed by atoms with van der Waals surface area (Å²) in [5, 5.41) is 16.9. The molecule has 0 unspecified atom stereocenters. The van der Waals surface area contributed by atoms with Crippen LogP contribution in [0.2, 0.25) is 0 Å². The van der Waals surface area contributed by atoms with E-state index in [1.54, 1.807) is 0 Å². The van der Waals surface area contributed by atoms with Crippen molar-refractivity contribution < 1.29 is 19.8 Å². The number of carboxylic acids is 2. The van der Waals surface area contributed by atoms with Gasteiger partial charge in [-0.25, -0.2) is 0 Å². The Hall–Kier alpha value is -0.480. The van der Waals surface area contributed by atoms with Gasteiger partial charge < -0.3 is 10.2 Å². The molecule has 0 aromatic carbocycles. The Labute approximate surface area is 72.7 Å². The number of halogens is 2. The summed E-state index contributed by atoms with van der Waals surface area (Å²) in [7, 11) is 0. The molecule has 0 fully saturated rings. The molecular weight excluding hydrogens is 195 g/mol. The molecule has 0 rings (SSSR count). The van der Waals surface area contributed by atoms with Crippen LogP contribution in [-0.2, 0) is 9.59 Å². The van der Waals surface area contributed by atoms with Gasteiger partial charge in [0.15, 0.2) is 5.41 Å². The van der Waals surface area contributed by atoms with Crippen LogP contribution in [0.4, 0.5) is 0 Å². The number of hydrogen-bond donors (Lipinski definition) is 2. The van der Waals surface area contributed by atoms with Gasteiger partial charge in [-0.05, 0) is 0 Å². The minimum Gasteiger partial charge on any atom is -0.480 e. The van der Waals surface area contributed by atoms with Gasteiger partial charge in [-0.3, -0.25) is 9.59 Å². The van der Waals surface area contributed by atoms with Crippen molar-refractivity contribution in [1.29, 1.82) is 0 Å². The van der Waals surface area contributed by atoms with Crippen molar-refractivity contribution in [1.82, 2.24) is 0 Å². The second-order valence-corrected chi connectivity index (χ2v) is 2.49. The third kappa shape index (κ3) is 1.75. The highest BCUT2D eigenvalue weighted by molar-refractivity contribution is 6.27.